The number of anilines is 1. The second-order valence-electron chi connectivity index (χ2n) is 5.44. The molecule has 6 nitrogen and oxygen atoms in total. The largest absolute Gasteiger partial charge is 0.428 e. The number of amides is 2. The predicted octanol–water partition coefficient (Wildman–Crippen LogP) is 3.65. The zero-order chi connectivity index (χ0) is 16.4. The highest BCUT2D eigenvalue weighted by molar-refractivity contribution is 7.18. The Labute approximate surface area is 137 Å². The molecule has 0 unspecified atom stereocenters. The van der Waals surface area contributed by atoms with Gasteiger partial charge in [-0.1, -0.05) is 12.1 Å². The van der Waals surface area contributed by atoms with E-state index >= 15 is 0 Å². The van der Waals surface area contributed by atoms with E-state index in [1.165, 1.54) is 0 Å². The normalized spacial score (nSPS) is 12.3. The van der Waals surface area contributed by atoms with E-state index in [9.17, 15) is 4.79 Å². The lowest BCUT2D eigenvalue weighted by Crippen LogP contribution is -2.37. The first-order valence-corrected chi connectivity index (χ1v) is 8.19. The van der Waals surface area contributed by atoms with E-state index in [2.05, 4.69) is 26.7 Å². The molecule has 7 heteroatoms. The second-order valence-corrected chi connectivity index (χ2v) is 6.55. The molecule has 0 spiro atoms. The Kier molecular flexibility index (Phi) is 4.29. The van der Waals surface area contributed by atoms with Crippen molar-refractivity contribution in [3.8, 4) is 0 Å². The zero-order valence-corrected chi connectivity index (χ0v) is 14.0. The lowest BCUT2D eigenvalue weighted by Gasteiger charge is -2.11. The summed E-state index contributed by atoms with van der Waals surface area (Å²) in [6.45, 7) is 5.58. The Morgan fingerprint density at radius 1 is 1.30 bits per heavy atom. The second kappa shape index (κ2) is 6.37. The van der Waals surface area contributed by atoms with Gasteiger partial charge in [0.05, 0.1) is 20.9 Å². The van der Waals surface area contributed by atoms with Gasteiger partial charge in [-0.2, -0.15) is 4.98 Å². The van der Waals surface area contributed by atoms with Gasteiger partial charge in [-0.25, -0.2) is 9.78 Å². The molecule has 0 fully saturated rings. The summed E-state index contributed by atoms with van der Waals surface area (Å²) in [4.78, 5) is 20.7. The van der Waals surface area contributed by atoms with Gasteiger partial charge in [-0.05, 0) is 32.9 Å². The molecule has 3 aromatic rings. The minimum Gasteiger partial charge on any atom is -0.428 e. The van der Waals surface area contributed by atoms with Crippen LogP contribution < -0.4 is 10.6 Å². The fourth-order valence-corrected chi connectivity index (χ4v) is 3.30. The van der Waals surface area contributed by atoms with Crippen LogP contribution in [0, 0.1) is 13.8 Å². The first-order chi connectivity index (χ1) is 11.0. The summed E-state index contributed by atoms with van der Waals surface area (Å²) in [6, 6.07) is 7.85. The molecule has 23 heavy (non-hydrogen) atoms. The molecule has 0 aliphatic carbocycles. The number of thiazole rings is 1. The Morgan fingerprint density at radius 3 is 2.78 bits per heavy atom. The molecule has 0 saturated carbocycles. The molecule has 1 aromatic carbocycles. The highest BCUT2D eigenvalue weighted by Gasteiger charge is 2.13. The quantitative estimate of drug-likeness (QED) is 0.765. The summed E-state index contributed by atoms with van der Waals surface area (Å²) < 4.78 is 6.49. The van der Waals surface area contributed by atoms with Gasteiger partial charge in [-0.3, -0.25) is 5.32 Å². The number of oxazole rings is 1. The van der Waals surface area contributed by atoms with Crippen LogP contribution in [0.1, 0.15) is 23.4 Å². The van der Waals surface area contributed by atoms with Gasteiger partial charge in [0.2, 0.25) is 0 Å². The number of fused-ring (bicyclic) bond motifs is 1. The van der Waals surface area contributed by atoms with Crippen molar-refractivity contribution < 1.29 is 9.21 Å². The molecule has 2 aromatic heterocycles. The van der Waals surface area contributed by atoms with Crippen molar-refractivity contribution in [3.05, 3.63) is 40.7 Å². The van der Waals surface area contributed by atoms with Crippen LogP contribution in [0.25, 0.3) is 10.2 Å². The molecule has 0 radical (unpaired) electrons. The first kappa shape index (κ1) is 15.5. The molecule has 0 aliphatic heterocycles. The highest BCUT2D eigenvalue weighted by Crippen LogP contribution is 2.22. The van der Waals surface area contributed by atoms with Gasteiger partial charge in [0.15, 0.2) is 0 Å². The van der Waals surface area contributed by atoms with Crippen LogP contribution in [0.2, 0.25) is 0 Å². The predicted molar refractivity (Wildman–Crippen MR) is 90.9 cm³/mol. The molecule has 0 bridgehead atoms. The van der Waals surface area contributed by atoms with E-state index in [1.807, 2.05) is 32.0 Å². The Hall–Kier alpha value is -2.41. The third-order valence-electron chi connectivity index (χ3n) is 3.45. The standard InChI is InChI=1S/C16H18N4O2S/c1-9(8-14-19-12-6-4-5-7-13(12)23-14)17-15(21)20-16-18-10(2)11(3)22-16/h4-7,9H,8H2,1-3H3,(H2,17,18,20,21)/t9-/m1/s1. The number of nitrogens with zero attached hydrogens (tertiary/aromatic N) is 2. The smallest absolute Gasteiger partial charge is 0.323 e. The fourth-order valence-electron chi connectivity index (χ4n) is 2.20. The van der Waals surface area contributed by atoms with E-state index in [1.54, 1.807) is 18.3 Å². The summed E-state index contributed by atoms with van der Waals surface area (Å²) >= 11 is 1.65. The van der Waals surface area contributed by atoms with Crippen LogP contribution in [0.4, 0.5) is 10.8 Å². The summed E-state index contributed by atoms with van der Waals surface area (Å²) in [5.41, 5.74) is 1.76. The Balaban J connectivity index is 1.57. The van der Waals surface area contributed by atoms with Crippen molar-refractivity contribution in [2.24, 2.45) is 0 Å². The van der Waals surface area contributed by atoms with E-state index in [0.717, 1.165) is 20.9 Å². The molecule has 2 N–H and O–H groups in total. The van der Waals surface area contributed by atoms with Crippen LogP contribution in [-0.4, -0.2) is 22.0 Å². The summed E-state index contributed by atoms with van der Waals surface area (Å²) in [5.74, 6) is 0.697. The minimum absolute atomic E-state index is 0.0484. The number of aromatic nitrogens is 2. The number of carbonyl (C=O) groups excluding carboxylic acids is 1. The summed E-state index contributed by atoms with van der Waals surface area (Å²) in [5, 5.41) is 6.47. The fraction of sp³-hybridized carbons (Fsp3) is 0.312. The molecular weight excluding hydrogens is 312 g/mol. The van der Waals surface area contributed by atoms with E-state index in [4.69, 9.17) is 4.42 Å². The van der Waals surface area contributed by atoms with Crippen molar-refractivity contribution in [2.75, 3.05) is 5.32 Å². The van der Waals surface area contributed by atoms with Crippen molar-refractivity contribution >= 4 is 33.6 Å². The summed E-state index contributed by atoms with van der Waals surface area (Å²) in [6.07, 6.45) is 0.677. The monoisotopic (exact) mass is 330 g/mol. The van der Waals surface area contributed by atoms with Crippen LogP contribution in [0.15, 0.2) is 28.7 Å². The Morgan fingerprint density at radius 2 is 2.09 bits per heavy atom. The van der Waals surface area contributed by atoms with Gasteiger partial charge in [0.25, 0.3) is 0 Å². The SMILES string of the molecule is Cc1nc(NC(=O)N[C@H](C)Cc2nc3ccccc3s2)oc1C. The minimum atomic E-state index is -0.333. The van der Waals surface area contributed by atoms with Crippen LogP contribution in [0.3, 0.4) is 0 Å². The number of carbonyl (C=O) groups is 1. The van der Waals surface area contributed by atoms with Gasteiger partial charge < -0.3 is 9.73 Å². The van der Waals surface area contributed by atoms with Crippen LogP contribution >= 0.6 is 11.3 Å². The average molecular weight is 330 g/mol. The van der Waals surface area contributed by atoms with E-state index < -0.39 is 0 Å². The molecule has 120 valence electrons. The zero-order valence-electron chi connectivity index (χ0n) is 13.2. The lowest BCUT2D eigenvalue weighted by atomic mass is 10.2. The topological polar surface area (TPSA) is 80.0 Å². The maximum atomic E-state index is 12.0. The van der Waals surface area contributed by atoms with Gasteiger partial charge in [-0.15, -0.1) is 11.3 Å². The molecule has 1 atom stereocenters. The van der Waals surface area contributed by atoms with Crippen LogP contribution in [-0.2, 0) is 6.42 Å². The van der Waals surface area contributed by atoms with E-state index in [-0.39, 0.29) is 18.1 Å². The number of para-hydroxylation sites is 1. The highest BCUT2D eigenvalue weighted by atomic mass is 32.1. The molecule has 0 saturated heterocycles. The summed E-state index contributed by atoms with van der Waals surface area (Å²) in [7, 11) is 0. The number of urea groups is 1. The molecular formula is C16H18N4O2S. The third kappa shape index (κ3) is 3.68. The van der Waals surface area contributed by atoms with Crippen molar-refractivity contribution in [2.45, 2.75) is 33.2 Å². The maximum absolute atomic E-state index is 12.0. The number of aryl methyl sites for hydroxylation is 2. The maximum Gasteiger partial charge on any atom is 0.323 e. The van der Waals surface area contributed by atoms with Crippen molar-refractivity contribution in [1.29, 1.82) is 0 Å². The Bertz CT molecular complexity index is 787. The average Bonchev–Trinajstić information content (AvgIpc) is 3.01. The number of benzene rings is 1. The van der Waals surface area contributed by atoms with Gasteiger partial charge >= 0.3 is 12.0 Å². The third-order valence-corrected chi connectivity index (χ3v) is 4.50. The van der Waals surface area contributed by atoms with Crippen molar-refractivity contribution in [1.82, 2.24) is 15.3 Å². The van der Waals surface area contributed by atoms with Gasteiger partial charge in [0, 0.05) is 12.5 Å². The number of hydrogen-bond donors (Lipinski definition) is 2. The van der Waals surface area contributed by atoms with Crippen molar-refractivity contribution in [3.63, 3.8) is 0 Å². The van der Waals surface area contributed by atoms with Crippen LogP contribution in [0.5, 0.6) is 0 Å². The first-order valence-electron chi connectivity index (χ1n) is 7.37. The lowest BCUT2D eigenvalue weighted by molar-refractivity contribution is 0.248. The molecule has 3 rings (SSSR count). The van der Waals surface area contributed by atoms with Gasteiger partial charge in [0.1, 0.15) is 5.76 Å². The number of rotatable bonds is 4. The molecule has 2 heterocycles. The van der Waals surface area contributed by atoms with E-state index in [0.29, 0.717) is 12.2 Å². The number of nitrogens with one attached hydrogen (secondary N) is 2. The number of hydrogen-bond acceptors (Lipinski definition) is 5. The molecule has 0 aliphatic rings. The molecule has 2 amide bonds.